The van der Waals surface area contributed by atoms with Gasteiger partial charge in [0.1, 0.15) is 11.7 Å². The Kier molecular flexibility index (Phi) is 3.32. The van der Waals surface area contributed by atoms with Gasteiger partial charge in [0.05, 0.1) is 5.69 Å². The summed E-state index contributed by atoms with van der Waals surface area (Å²) in [6, 6.07) is 6.29. The number of fused-ring (bicyclic) bond motifs is 1. The highest BCUT2D eigenvalue weighted by Gasteiger charge is 2.30. The third-order valence-electron chi connectivity index (χ3n) is 4.52. The monoisotopic (exact) mass is 284 g/mol. The van der Waals surface area contributed by atoms with Crippen molar-refractivity contribution in [3.63, 3.8) is 0 Å². The van der Waals surface area contributed by atoms with Crippen molar-refractivity contribution in [2.75, 3.05) is 0 Å². The molecule has 2 heterocycles. The van der Waals surface area contributed by atoms with E-state index >= 15 is 0 Å². The molecule has 1 N–H and O–H groups in total. The van der Waals surface area contributed by atoms with Gasteiger partial charge in [-0.25, -0.2) is 4.98 Å². The zero-order valence-electron chi connectivity index (χ0n) is 12.7. The Morgan fingerprint density at radius 2 is 2.05 bits per heavy atom. The predicted molar refractivity (Wildman–Crippen MR) is 81.5 cm³/mol. The standard InChI is InChI=1S/C17H20N2O2/c1-10-6-7-13(9-11(10)2)15-12(3)19-8-4-5-14(17(20)21)16(19)18-15/h6-7,9,14H,4-5,8H2,1-3H3,(H,20,21). The van der Waals surface area contributed by atoms with Crippen LogP contribution in [0.2, 0.25) is 0 Å². The Bertz CT molecular complexity index is 716. The van der Waals surface area contributed by atoms with Crippen molar-refractivity contribution >= 4 is 5.97 Å². The molecule has 110 valence electrons. The van der Waals surface area contributed by atoms with Gasteiger partial charge in [0.2, 0.25) is 0 Å². The quantitative estimate of drug-likeness (QED) is 0.919. The van der Waals surface area contributed by atoms with Crippen LogP contribution in [0.1, 0.15) is 41.4 Å². The van der Waals surface area contributed by atoms with E-state index in [1.54, 1.807) is 0 Å². The van der Waals surface area contributed by atoms with Gasteiger partial charge in [0.25, 0.3) is 0 Å². The van der Waals surface area contributed by atoms with Crippen molar-refractivity contribution in [3.05, 3.63) is 40.8 Å². The Hall–Kier alpha value is -2.10. The van der Waals surface area contributed by atoms with Crippen molar-refractivity contribution < 1.29 is 9.90 Å². The van der Waals surface area contributed by atoms with E-state index in [9.17, 15) is 9.90 Å². The maximum absolute atomic E-state index is 11.4. The van der Waals surface area contributed by atoms with Crippen molar-refractivity contribution in [3.8, 4) is 11.3 Å². The Balaban J connectivity index is 2.13. The smallest absolute Gasteiger partial charge is 0.314 e. The van der Waals surface area contributed by atoms with E-state index in [1.165, 1.54) is 11.1 Å². The van der Waals surface area contributed by atoms with Crippen molar-refractivity contribution in [2.45, 2.75) is 46.1 Å². The molecule has 0 spiro atoms. The molecule has 0 amide bonds. The van der Waals surface area contributed by atoms with Gasteiger partial charge in [0, 0.05) is 17.8 Å². The first kappa shape index (κ1) is 13.9. The molecule has 1 aliphatic heterocycles. The van der Waals surface area contributed by atoms with Crippen LogP contribution < -0.4 is 0 Å². The lowest BCUT2D eigenvalue weighted by Gasteiger charge is -2.20. The molecule has 1 aromatic heterocycles. The number of aliphatic carboxylic acids is 1. The molecule has 0 fully saturated rings. The molecule has 0 bridgehead atoms. The summed E-state index contributed by atoms with van der Waals surface area (Å²) < 4.78 is 2.08. The lowest BCUT2D eigenvalue weighted by molar-refractivity contribution is -0.139. The van der Waals surface area contributed by atoms with Crippen LogP contribution in [0.3, 0.4) is 0 Å². The second-order valence-corrected chi connectivity index (χ2v) is 5.89. The van der Waals surface area contributed by atoms with Gasteiger partial charge in [-0.05, 0) is 50.8 Å². The maximum atomic E-state index is 11.4. The van der Waals surface area contributed by atoms with E-state index in [0.29, 0.717) is 12.2 Å². The van der Waals surface area contributed by atoms with Gasteiger partial charge in [0.15, 0.2) is 0 Å². The minimum Gasteiger partial charge on any atom is -0.481 e. The van der Waals surface area contributed by atoms with Crippen molar-refractivity contribution in [1.82, 2.24) is 9.55 Å². The zero-order chi connectivity index (χ0) is 15.1. The van der Waals surface area contributed by atoms with E-state index < -0.39 is 11.9 Å². The summed E-state index contributed by atoms with van der Waals surface area (Å²) in [6.07, 6.45) is 1.58. The van der Waals surface area contributed by atoms with E-state index in [0.717, 1.165) is 29.9 Å². The van der Waals surface area contributed by atoms with E-state index in [2.05, 4.69) is 41.6 Å². The van der Waals surface area contributed by atoms with Crippen molar-refractivity contribution in [1.29, 1.82) is 0 Å². The number of carbonyl (C=O) groups is 1. The Morgan fingerprint density at radius 3 is 2.71 bits per heavy atom. The SMILES string of the molecule is Cc1ccc(-c2nc3n(c2C)CCCC3C(=O)O)cc1C. The molecule has 0 saturated carbocycles. The maximum Gasteiger partial charge on any atom is 0.314 e. The second-order valence-electron chi connectivity index (χ2n) is 5.89. The molecule has 1 aromatic carbocycles. The number of rotatable bonds is 2. The van der Waals surface area contributed by atoms with Crippen LogP contribution in [0, 0.1) is 20.8 Å². The summed E-state index contributed by atoms with van der Waals surface area (Å²) in [5, 5.41) is 9.38. The molecule has 1 unspecified atom stereocenters. The molecule has 21 heavy (non-hydrogen) atoms. The zero-order valence-corrected chi connectivity index (χ0v) is 12.7. The molecule has 0 radical (unpaired) electrons. The van der Waals surface area contributed by atoms with Crippen LogP contribution in [0.5, 0.6) is 0 Å². The van der Waals surface area contributed by atoms with Gasteiger partial charge < -0.3 is 9.67 Å². The number of carboxylic acid groups (broad SMARTS) is 1. The minimum atomic E-state index is -0.771. The summed E-state index contributed by atoms with van der Waals surface area (Å²) in [5.74, 6) is -0.537. The average Bonchev–Trinajstić information content (AvgIpc) is 2.79. The summed E-state index contributed by atoms with van der Waals surface area (Å²) in [6.45, 7) is 7.07. The highest BCUT2D eigenvalue weighted by Crippen LogP contribution is 2.33. The number of benzene rings is 1. The fraction of sp³-hybridized carbons (Fsp3) is 0.412. The van der Waals surface area contributed by atoms with Crippen LogP contribution in [0.15, 0.2) is 18.2 Å². The molecule has 3 rings (SSSR count). The summed E-state index contributed by atoms with van der Waals surface area (Å²) in [7, 11) is 0. The highest BCUT2D eigenvalue weighted by atomic mass is 16.4. The number of carboxylic acids is 1. The Labute approximate surface area is 124 Å². The fourth-order valence-corrected chi connectivity index (χ4v) is 3.08. The third kappa shape index (κ3) is 2.24. The summed E-state index contributed by atoms with van der Waals surface area (Å²) in [5.41, 5.74) is 5.54. The molecule has 1 aliphatic rings. The van der Waals surface area contributed by atoms with E-state index in [-0.39, 0.29) is 0 Å². The number of hydrogen-bond acceptors (Lipinski definition) is 2. The second kappa shape index (κ2) is 5.02. The summed E-state index contributed by atoms with van der Waals surface area (Å²) in [4.78, 5) is 16.1. The lowest BCUT2D eigenvalue weighted by atomic mass is 9.99. The normalized spacial score (nSPS) is 17.6. The van der Waals surface area contributed by atoms with E-state index in [4.69, 9.17) is 0 Å². The average molecular weight is 284 g/mol. The number of hydrogen-bond donors (Lipinski definition) is 1. The molecule has 2 aromatic rings. The molecule has 0 aliphatic carbocycles. The molecule has 0 saturated heterocycles. The number of aromatic nitrogens is 2. The van der Waals surface area contributed by atoms with Crippen LogP contribution in [-0.2, 0) is 11.3 Å². The number of nitrogens with zero attached hydrogens (tertiary/aromatic N) is 2. The predicted octanol–water partition coefficient (Wildman–Crippen LogP) is 3.44. The first-order valence-electron chi connectivity index (χ1n) is 7.36. The number of imidazole rings is 1. The summed E-state index contributed by atoms with van der Waals surface area (Å²) >= 11 is 0. The fourth-order valence-electron chi connectivity index (χ4n) is 3.08. The van der Waals surface area contributed by atoms with Crippen molar-refractivity contribution in [2.24, 2.45) is 0 Å². The van der Waals surface area contributed by atoms with Crippen LogP contribution in [-0.4, -0.2) is 20.6 Å². The third-order valence-corrected chi connectivity index (χ3v) is 4.52. The highest BCUT2D eigenvalue weighted by molar-refractivity contribution is 5.76. The van der Waals surface area contributed by atoms with Crippen LogP contribution in [0.25, 0.3) is 11.3 Å². The van der Waals surface area contributed by atoms with Gasteiger partial charge in [-0.15, -0.1) is 0 Å². The largest absolute Gasteiger partial charge is 0.481 e. The van der Waals surface area contributed by atoms with Gasteiger partial charge in [-0.2, -0.15) is 0 Å². The van der Waals surface area contributed by atoms with Gasteiger partial charge >= 0.3 is 5.97 Å². The molecule has 4 heteroatoms. The molecule has 4 nitrogen and oxygen atoms in total. The lowest BCUT2D eigenvalue weighted by Crippen LogP contribution is -2.22. The molecular weight excluding hydrogens is 264 g/mol. The van der Waals surface area contributed by atoms with Gasteiger partial charge in [-0.3, -0.25) is 4.79 Å². The van der Waals surface area contributed by atoms with Crippen LogP contribution >= 0.6 is 0 Å². The van der Waals surface area contributed by atoms with Gasteiger partial charge in [-0.1, -0.05) is 12.1 Å². The molecule has 1 atom stereocenters. The first-order valence-corrected chi connectivity index (χ1v) is 7.36. The minimum absolute atomic E-state index is 0.474. The molecular formula is C17H20N2O2. The number of aryl methyl sites for hydroxylation is 2. The van der Waals surface area contributed by atoms with Crippen LogP contribution in [0.4, 0.5) is 0 Å². The topological polar surface area (TPSA) is 55.1 Å². The first-order chi connectivity index (χ1) is 9.99. The van der Waals surface area contributed by atoms with E-state index in [1.807, 2.05) is 6.92 Å². The Morgan fingerprint density at radius 1 is 1.29 bits per heavy atom.